The molecule has 0 saturated heterocycles. The molecule has 3 N–H and O–H groups in total. The predicted octanol–water partition coefficient (Wildman–Crippen LogP) is 2.66. The van der Waals surface area contributed by atoms with Crippen molar-refractivity contribution in [2.45, 2.75) is 11.5 Å². The van der Waals surface area contributed by atoms with E-state index in [1.54, 1.807) is 24.3 Å². The van der Waals surface area contributed by atoms with E-state index < -0.39 is 31.0 Å². The van der Waals surface area contributed by atoms with Gasteiger partial charge in [0.1, 0.15) is 5.75 Å². The van der Waals surface area contributed by atoms with E-state index in [2.05, 4.69) is 10.1 Å². The Labute approximate surface area is 163 Å². The molecular formula is C18H16F2N2O5S. The molecule has 0 bridgehead atoms. The quantitative estimate of drug-likeness (QED) is 0.486. The zero-order valence-corrected chi connectivity index (χ0v) is 15.2. The van der Waals surface area contributed by atoms with E-state index in [4.69, 9.17) is 10.5 Å². The number of carbonyl (C=O) groups is 3. The summed E-state index contributed by atoms with van der Waals surface area (Å²) in [6.07, 6.45) is 0. The lowest BCUT2D eigenvalue weighted by atomic mass is 10.2. The third kappa shape index (κ3) is 6.88. The molecule has 2 aromatic rings. The third-order valence-corrected chi connectivity index (χ3v) is 4.28. The summed E-state index contributed by atoms with van der Waals surface area (Å²) in [5.74, 6) is -1.93. The van der Waals surface area contributed by atoms with Gasteiger partial charge in [-0.2, -0.15) is 8.78 Å². The van der Waals surface area contributed by atoms with Crippen LogP contribution >= 0.6 is 11.8 Å². The number of hydrogen-bond acceptors (Lipinski definition) is 6. The summed E-state index contributed by atoms with van der Waals surface area (Å²) in [4.78, 5) is 35.5. The molecule has 2 amide bonds. The second-order valence-electron chi connectivity index (χ2n) is 5.28. The van der Waals surface area contributed by atoms with Gasteiger partial charge < -0.3 is 20.5 Å². The number of amides is 2. The molecule has 148 valence electrons. The lowest BCUT2D eigenvalue weighted by Gasteiger charge is -2.10. The van der Waals surface area contributed by atoms with E-state index in [-0.39, 0.29) is 17.1 Å². The molecule has 0 aromatic heterocycles. The molecule has 0 radical (unpaired) electrons. The highest BCUT2D eigenvalue weighted by Crippen LogP contribution is 2.26. The first-order valence-corrected chi connectivity index (χ1v) is 8.85. The van der Waals surface area contributed by atoms with E-state index in [1.807, 2.05) is 0 Å². The maximum atomic E-state index is 12.1. The van der Waals surface area contributed by atoms with Gasteiger partial charge in [-0.25, -0.2) is 4.79 Å². The Kier molecular flexibility index (Phi) is 7.76. The summed E-state index contributed by atoms with van der Waals surface area (Å²) in [7, 11) is 0. The minimum Gasteiger partial charge on any atom is -0.452 e. The summed E-state index contributed by atoms with van der Waals surface area (Å²) >= 11 is 1.16. The lowest BCUT2D eigenvalue weighted by molar-refractivity contribution is -0.119. The van der Waals surface area contributed by atoms with Gasteiger partial charge in [0.2, 0.25) is 5.91 Å². The van der Waals surface area contributed by atoms with Crippen LogP contribution in [0.4, 0.5) is 14.5 Å². The van der Waals surface area contributed by atoms with Crippen LogP contribution in [0.15, 0.2) is 53.4 Å². The molecule has 0 aliphatic heterocycles. The van der Waals surface area contributed by atoms with Crippen molar-refractivity contribution in [1.82, 2.24) is 0 Å². The molecule has 0 saturated carbocycles. The van der Waals surface area contributed by atoms with Crippen molar-refractivity contribution in [3.63, 3.8) is 0 Å². The van der Waals surface area contributed by atoms with E-state index >= 15 is 0 Å². The zero-order valence-electron chi connectivity index (χ0n) is 14.4. The Morgan fingerprint density at radius 3 is 2.39 bits per heavy atom. The third-order valence-electron chi connectivity index (χ3n) is 3.18. The summed E-state index contributed by atoms with van der Waals surface area (Å²) < 4.78 is 33.3. The first kappa shape index (κ1) is 21.2. The molecule has 0 aliphatic carbocycles. The number of hydrogen-bond donors (Lipinski definition) is 2. The number of nitrogens with two attached hydrogens (primary N) is 1. The summed E-state index contributed by atoms with van der Waals surface area (Å²) in [6.45, 7) is -3.52. The van der Waals surface area contributed by atoms with Crippen molar-refractivity contribution in [2.75, 3.05) is 17.7 Å². The van der Waals surface area contributed by atoms with Gasteiger partial charge in [0.25, 0.3) is 5.91 Å². The van der Waals surface area contributed by atoms with Crippen molar-refractivity contribution >= 4 is 35.2 Å². The number of nitrogens with one attached hydrogen (secondary N) is 1. The van der Waals surface area contributed by atoms with Gasteiger partial charge in [0.05, 0.1) is 17.0 Å². The number of rotatable bonds is 9. The van der Waals surface area contributed by atoms with Crippen LogP contribution in [0.3, 0.4) is 0 Å². The largest absolute Gasteiger partial charge is 0.452 e. The molecule has 2 aromatic carbocycles. The maximum absolute atomic E-state index is 12.1. The highest BCUT2D eigenvalue weighted by Gasteiger charge is 2.13. The molecular weight excluding hydrogens is 394 g/mol. The first-order chi connectivity index (χ1) is 13.3. The molecule has 0 heterocycles. The van der Waals surface area contributed by atoms with Crippen molar-refractivity contribution in [3.05, 3.63) is 54.1 Å². The van der Waals surface area contributed by atoms with Crippen LogP contribution < -0.4 is 15.8 Å². The SMILES string of the molecule is NC(=O)CSc1ccccc1NC(=O)COC(=O)c1ccc(OC(F)F)cc1. The normalized spacial score (nSPS) is 10.4. The average Bonchev–Trinajstić information content (AvgIpc) is 2.65. The maximum Gasteiger partial charge on any atom is 0.387 e. The van der Waals surface area contributed by atoms with Crippen molar-refractivity contribution in [2.24, 2.45) is 5.73 Å². The fourth-order valence-corrected chi connectivity index (χ4v) is 2.76. The minimum atomic E-state index is -2.97. The topological polar surface area (TPSA) is 108 Å². The average molecular weight is 410 g/mol. The van der Waals surface area contributed by atoms with Crippen molar-refractivity contribution in [1.29, 1.82) is 0 Å². The van der Waals surface area contributed by atoms with Crippen molar-refractivity contribution < 1.29 is 32.6 Å². The van der Waals surface area contributed by atoms with E-state index in [1.165, 1.54) is 24.3 Å². The van der Waals surface area contributed by atoms with Crippen LogP contribution in [-0.2, 0) is 14.3 Å². The van der Waals surface area contributed by atoms with Crippen LogP contribution in [0.5, 0.6) is 5.75 Å². The Morgan fingerprint density at radius 1 is 1.07 bits per heavy atom. The minimum absolute atomic E-state index is 0.0487. The molecule has 0 aliphatic rings. The van der Waals surface area contributed by atoms with Gasteiger partial charge in [0.15, 0.2) is 6.61 Å². The van der Waals surface area contributed by atoms with E-state index in [9.17, 15) is 23.2 Å². The standard InChI is InChI=1S/C18H16F2N2O5S/c19-18(20)27-12-7-5-11(6-8-12)17(25)26-9-16(24)22-13-3-1-2-4-14(13)28-10-15(21)23/h1-8,18H,9-10H2,(H2,21,23)(H,22,24). The van der Waals surface area contributed by atoms with Gasteiger partial charge >= 0.3 is 12.6 Å². The van der Waals surface area contributed by atoms with Crippen LogP contribution in [0, 0.1) is 0 Å². The van der Waals surface area contributed by atoms with E-state index in [0.29, 0.717) is 10.6 Å². The molecule has 7 nitrogen and oxygen atoms in total. The van der Waals surface area contributed by atoms with Gasteiger partial charge in [-0.15, -0.1) is 11.8 Å². The number of halogens is 2. The zero-order chi connectivity index (χ0) is 20.5. The number of esters is 1. The molecule has 28 heavy (non-hydrogen) atoms. The molecule has 0 spiro atoms. The van der Waals surface area contributed by atoms with Gasteiger partial charge in [-0.3, -0.25) is 9.59 Å². The second-order valence-corrected chi connectivity index (χ2v) is 6.30. The van der Waals surface area contributed by atoms with Crippen LogP contribution in [0.1, 0.15) is 10.4 Å². The number of alkyl halides is 2. The highest BCUT2D eigenvalue weighted by atomic mass is 32.2. The summed E-state index contributed by atoms with van der Waals surface area (Å²) in [5.41, 5.74) is 5.63. The summed E-state index contributed by atoms with van der Waals surface area (Å²) in [5, 5.41) is 2.58. The molecule has 2 rings (SSSR count). The Balaban J connectivity index is 1.88. The Morgan fingerprint density at radius 2 is 1.75 bits per heavy atom. The van der Waals surface area contributed by atoms with Gasteiger partial charge in [0, 0.05) is 4.90 Å². The molecule has 0 atom stereocenters. The monoisotopic (exact) mass is 410 g/mol. The number of ether oxygens (including phenoxy) is 2. The number of anilines is 1. The van der Waals surface area contributed by atoms with Gasteiger partial charge in [-0.05, 0) is 36.4 Å². The fraction of sp³-hybridized carbons (Fsp3) is 0.167. The number of primary amides is 1. The second kappa shape index (κ2) is 10.3. The smallest absolute Gasteiger partial charge is 0.387 e. The molecule has 10 heteroatoms. The Bertz CT molecular complexity index is 846. The number of thioether (sulfide) groups is 1. The van der Waals surface area contributed by atoms with E-state index in [0.717, 1.165) is 11.8 Å². The first-order valence-electron chi connectivity index (χ1n) is 7.87. The van der Waals surface area contributed by atoms with Gasteiger partial charge in [-0.1, -0.05) is 12.1 Å². The fourth-order valence-electron chi connectivity index (χ4n) is 2.02. The predicted molar refractivity (Wildman–Crippen MR) is 98.3 cm³/mol. The lowest BCUT2D eigenvalue weighted by Crippen LogP contribution is -2.21. The summed E-state index contributed by atoms with van der Waals surface area (Å²) in [6, 6.07) is 11.6. The molecule has 0 fully saturated rings. The van der Waals surface area contributed by atoms with Crippen LogP contribution in [0.2, 0.25) is 0 Å². The Hall–Kier alpha value is -3.14. The number of para-hydroxylation sites is 1. The number of carbonyl (C=O) groups excluding carboxylic acids is 3. The highest BCUT2D eigenvalue weighted by molar-refractivity contribution is 8.00. The number of benzene rings is 2. The van der Waals surface area contributed by atoms with Crippen LogP contribution in [0.25, 0.3) is 0 Å². The van der Waals surface area contributed by atoms with Crippen LogP contribution in [-0.4, -0.2) is 36.8 Å². The molecule has 0 unspecified atom stereocenters. The van der Waals surface area contributed by atoms with Crippen molar-refractivity contribution in [3.8, 4) is 5.75 Å².